The molecule has 6 nitrogen and oxygen atoms in total. The monoisotopic (exact) mass is 396 g/mol. The molecule has 1 aliphatic carbocycles. The molecule has 0 aromatic heterocycles. The molecule has 0 radical (unpaired) electrons. The lowest BCUT2D eigenvalue weighted by Gasteiger charge is -2.60. The fraction of sp³-hybridized carbons (Fsp3) is 0.565. The molecule has 1 aromatic rings. The van der Waals surface area contributed by atoms with Gasteiger partial charge in [0.05, 0.1) is 19.1 Å². The summed E-state index contributed by atoms with van der Waals surface area (Å²) < 4.78 is 12.4. The van der Waals surface area contributed by atoms with E-state index in [4.69, 9.17) is 15.2 Å². The molecule has 0 spiro atoms. The van der Waals surface area contributed by atoms with E-state index in [1.54, 1.807) is 0 Å². The number of ether oxygens (including phenoxy) is 2. The number of piperidine rings is 1. The summed E-state index contributed by atoms with van der Waals surface area (Å²) in [6.07, 6.45) is 8.38. The minimum Gasteiger partial charge on any atom is -0.467 e. The number of fused-ring (bicyclic) bond motifs is 2. The third-order valence-electron chi connectivity index (χ3n) is 7.18. The maximum absolute atomic E-state index is 13.6. The van der Waals surface area contributed by atoms with Crippen LogP contribution in [0.15, 0.2) is 35.9 Å². The fourth-order valence-electron chi connectivity index (χ4n) is 5.81. The van der Waals surface area contributed by atoms with Crippen molar-refractivity contribution in [3.05, 3.63) is 41.5 Å². The van der Waals surface area contributed by atoms with Crippen LogP contribution in [0.4, 0.5) is 0 Å². The molecular formula is C23H28N2O4. The van der Waals surface area contributed by atoms with Crippen LogP contribution < -0.4 is 10.5 Å². The highest BCUT2D eigenvalue weighted by Gasteiger charge is 2.64. The van der Waals surface area contributed by atoms with E-state index in [0.717, 1.165) is 30.6 Å². The molecule has 2 saturated heterocycles. The predicted octanol–water partition coefficient (Wildman–Crippen LogP) is 2.73. The zero-order chi connectivity index (χ0) is 20.0. The van der Waals surface area contributed by atoms with Crippen molar-refractivity contribution in [1.29, 1.82) is 0 Å². The summed E-state index contributed by atoms with van der Waals surface area (Å²) in [6, 6.07) is 7.74. The maximum Gasteiger partial charge on any atom is 0.238 e. The Morgan fingerprint density at radius 2 is 2.14 bits per heavy atom. The summed E-state index contributed by atoms with van der Waals surface area (Å²) in [5.74, 6) is -1.25. The highest BCUT2D eigenvalue weighted by Crippen LogP contribution is 2.56. The lowest BCUT2D eigenvalue weighted by Crippen LogP contribution is -2.72. The number of benzene rings is 1. The van der Waals surface area contributed by atoms with Crippen molar-refractivity contribution in [1.82, 2.24) is 4.90 Å². The molecule has 2 N–H and O–H groups in total. The van der Waals surface area contributed by atoms with Gasteiger partial charge in [0.2, 0.25) is 11.8 Å². The van der Waals surface area contributed by atoms with Gasteiger partial charge in [0.1, 0.15) is 11.7 Å². The smallest absolute Gasteiger partial charge is 0.238 e. The Balaban J connectivity index is 1.57. The molecule has 3 heterocycles. The van der Waals surface area contributed by atoms with Gasteiger partial charge < -0.3 is 20.1 Å². The molecule has 2 fully saturated rings. The number of allylic oxidation sites excluding steroid dienone is 1. The first-order chi connectivity index (χ1) is 14.1. The van der Waals surface area contributed by atoms with E-state index in [1.165, 1.54) is 18.4 Å². The van der Waals surface area contributed by atoms with Crippen molar-refractivity contribution in [2.24, 2.45) is 17.6 Å². The molecule has 0 saturated carbocycles. The number of carbonyl (C=O) groups is 2. The van der Waals surface area contributed by atoms with Crippen molar-refractivity contribution in [3.63, 3.8) is 0 Å². The second kappa shape index (κ2) is 7.17. The summed E-state index contributed by atoms with van der Waals surface area (Å²) in [5.41, 5.74) is 7.33. The molecule has 154 valence electrons. The van der Waals surface area contributed by atoms with Crippen molar-refractivity contribution >= 4 is 11.8 Å². The van der Waals surface area contributed by atoms with Gasteiger partial charge in [-0.15, -0.1) is 0 Å². The summed E-state index contributed by atoms with van der Waals surface area (Å²) in [6.45, 7) is 1.56. The Hall–Kier alpha value is -2.34. The van der Waals surface area contributed by atoms with Gasteiger partial charge in [-0.2, -0.15) is 0 Å². The van der Waals surface area contributed by atoms with Crippen LogP contribution in [0, 0.1) is 11.8 Å². The number of hydrogen-bond donors (Lipinski definition) is 1. The molecule has 3 unspecified atom stereocenters. The van der Waals surface area contributed by atoms with Crippen LogP contribution >= 0.6 is 0 Å². The van der Waals surface area contributed by atoms with Gasteiger partial charge in [-0.1, -0.05) is 29.8 Å². The second-order valence-corrected chi connectivity index (χ2v) is 8.67. The molecule has 5 rings (SSSR count). The quantitative estimate of drug-likeness (QED) is 0.627. The van der Waals surface area contributed by atoms with Gasteiger partial charge in [-0.3, -0.25) is 9.59 Å². The van der Waals surface area contributed by atoms with Gasteiger partial charge in [0.15, 0.2) is 5.72 Å². The van der Waals surface area contributed by atoms with E-state index in [9.17, 15) is 9.59 Å². The SMILES string of the molecule is NC(=O)C1C(=O)N(CCC2=CCCCC2)C23CCOC[C@H]2C1c1ccccc1O3. The average Bonchev–Trinajstić information content (AvgIpc) is 2.73. The van der Waals surface area contributed by atoms with Crippen molar-refractivity contribution in [2.45, 2.75) is 50.2 Å². The van der Waals surface area contributed by atoms with E-state index in [1.807, 2.05) is 29.2 Å². The van der Waals surface area contributed by atoms with Crippen molar-refractivity contribution in [2.75, 3.05) is 19.8 Å². The lowest BCUT2D eigenvalue weighted by atomic mass is 9.64. The number of hydrogen-bond acceptors (Lipinski definition) is 4. The highest BCUT2D eigenvalue weighted by atomic mass is 16.5. The first-order valence-corrected chi connectivity index (χ1v) is 10.8. The van der Waals surface area contributed by atoms with Crippen molar-refractivity contribution in [3.8, 4) is 5.75 Å². The highest BCUT2D eigenvalue weighted by molar-refractivity contribution is 6.02. The molecular weight excluding hydrogens is 368 g/mol. The number of nitrogens with two attached hydrogens (primary N) is 1. The normalized spacial score (nSPS) is 33.2. The third kappa shape index (κ3) is 2.88. The second-order valence-electron chi connectivity index (χ2n) is 8.67. The van der Waals surface area contributed by atoms with E-state index in [2.05, 4.69) is 6.08 Å². The molecule has 4 atom stereocenters. The molecule has 29 heavy (non-hydrogen) atoms. The van der Waals surface area contributed by atoms with Gasteiger partial charge in [0, 0.05) is 18.9 Å². The van der Waals surface area contributed by atoms with E-state index >= 15 is 0 Å². The minimum atomic E-state index is -0.875. The van der Waals surface area contributed by atoms with Crippen LogP contribution in [0.5, 0.6) is 5.75 Å². The molecule has 4 aliphatic rings. The Morgan fingerprint density at radius 3 is 2.93 bits per heavy atom. The molecule has 1 aromatic carbocycles. The number of nitrogens with zero attached hydrogens (tertiary/aromatic N) is 1. The largest absolute Gasteiger partial charge is 0.467 e. The Labute approximate surface area is 171 Å². The third-order valence-corrected chi connectivity index (χ3v) is 7.18. The van der Waals surface area contributed by atoms with E-state index in [0.29, 0.717) is 26.2 Å². The van der Waals surface area contributed by atoms with Crippen LogP contribution in [0.1, 0.15) is 50.0 Å². The summed E-state index contributed by atoms with van der Waals surface area (Å²) in [4.78, 5) is 27.9. The number of para-hydroxylation sites is 1. The van der Waals surface area contributed by atoms with Crippen LogP contribution in [0.2, 0.25) is 0 Å². The van der Waals surface area contributed by atoms with Gasteiger partial charge >= 0.3 is 0 Å². The van der Waals surface area contributed by atoms with Crippen LogP contribution in [-0.2, 0) is 14.3 Å². The van der Waals surface area contributed by atoms with E-state index < -0.39 is 17.6 Å². The first-order valence-electron chi connectivity index (χ1n) is 10.8. The lowest BCUT2D eigenvalue weighted by molar-refractivity contribution is -0.227. The zero-order valence-electron chi connectivity index (χ0n) is 16.6. The Kier molecular flexibility index (Phi) is 4.62. The van der Waals surface area contributed by atoms with Crippen LogP contribution in [0.3, 0.4) is 0 Å². The van der Waals surface area contributed by atoms with Crippen LogP contribution in [0.25, 0.3) is 0 Å². The maximum atomic E-state index is 13.6. The van der Waals surface area contributed by atoms with Crippen LogP contribution in [-0.4, -0.2) is 42.2 Å². The molecule has 2 bridgehead atoms. The van der Waals surface area contributed by atoms with Gasteiger partial charge in [-0.05, 0) is 43.7 Å². The minimum absolute atomic E-state index is 0.0957. The Morgan fingerprint density at radius 1 is 1.28 bits per heavy atom. The topological polar surface area (TPSA) is 81.9 Å². The van der Waals surface area contributed by atoms with Gasteiger partial charge in [-0.25, -0.2) is 0 Å². The first kappa shape index (κ1) is 18.7. The fourth-order valence-corrected chi connectivity index (χ4v) is 5.81. The van der Waals surface area contributed by atoms with Gasteiger partial charge in [0.25, 0.3) is 0 Å². The zero-order valence-corrected chi connectivity index (χ0v) is 16.6. The standard InChI is InChI=1S/C23H28N2O4/c24-21(26)20-19-16-8-4-5-9-18(16)29-23(11-13-28-14-17(19)23)25(22(20)27)12-10-15-6-2-1-3-7-15/h4-6,8-9,17,19-20H,1-3,7,10-14H2,(H2,24,26)/t17-,19?,20?,23?/m0/s1. The number of carbonyl (C=O) groups excluding carboxylic acids is 2. The Bertz CT molecular complexity index is 866. The molecule has 6 heteroatoms. The molecule has 3 aliphatic heterocycles. The number of amides is 2. The summed E-state index contributed by atoms with van der Waals surface area (Å²) >= 11 is 0. The predicted molar refractivity (Wildman–Crippen MR) is 107 cm³/mol. The number of likely N-dealkylation sites (tertiary alicyclic amines) is 1. The average molecular weight is 396 g/mol. The number of primary amides is 1. The summed E-state index contributed by atoms with van der Waals surface area (Å²) in [7, 11) is 0. The van der Waals surface area contributed by atoms with E-state index in [-0.39, 0.29) is 17.7 Å². The van der Waals surface area contributed by atoms with Crippen molar-refractivity contribution < 1.29 is 19.1 Å². The summed E-state index contributed by atoms with van der Waals surface area (Å²) in [5, 5.41) is 0. The number of rotatable bonds is 4. The molecule has 2 amide bonds.